The molecule has 0 saturated heterocycles. The van der Waals surface area contributed by atoms with Crippen molar-refractivity contribution in [1.82, 2.24) is 0 Å². The first-order valence-electron chi connectivity index (χ1n) is 7.64. The highest BCUT2D eigenvalue weighted by Crippen LogP contribution is 2.34. The van der Waals surface area contributed by atoms with E-state index in [-0.39, 0.29) is 0 Å². The van der Waals surface area contributed by atoms with E-state index in [1.165, 1.54) is 0 Å². The number of nitriles is 1. The van der Waals surface area contributed by atoms with Crippen LogP contribution in [-0.4, -0.2) is 10.5 Å². The van der Waals surface area contributed by atoms with E-state index in [2.05, 4.69) is 6.07 Å². The Hall–Kier alpha value is -2.93. The highest BCUT2D eigenvalue weighted by molar-refractivity contribution is 6.68. The largest absolute Gasteiger partial charge is 0.276 e. The van der Waals surface area contributed by atoms with Crippen LogP contribution in [0.4, 0.5) is 0 Å². The van der Waals surface area contributed by atoms with Gasteiger partial charge in [-0.1, -0.05) is 30.3 Å². The van der Waals surface area contributed by atoms with Crippen molar-refractivity contribution in [3.8, 4) is 28.3 Å². The van der Waals surface area contributed by atoms with Gasteiger partial charge in [-0.15, -0.1) is 0 Å². The molecule has 3 aromatic carbocycles. The van der Waals surface area contributed by atoms with Crippen molar-refractivity contribution >= 4 is 33.7 Å². The Balaban J connectivity index is 2.20. The SMILES string of the molecule is N#Cc1cccc(-c2cc(C(=O)Cl)ccc2-c2ccc(C(=O)Cl)cc2)c1. The van der Waals surface area contributed by atoms with Crippen molar-refractivity contribution < 1.29 is 9.59 Å². The summed E-state index contributed by atoms with van der Waals surface area (Å²) in [4.78, 5) is 22.8. The second-order valence-electron chi connectivity index (χ2n) is 5.58. The van der Waals surface area contributed by atoms with E-state index in [9.17, 15) is 9.59 Å². The van der Waals surface area contributed by atoms with Gasteiger partial charge in [0.15, 0.2) is 0 Å². The zero-order chi connectivity index (χ0) is 18.7. The van der Waals surface area contributed by atoms with Crippen molar-refractivity contribution in [2.75, 3.05) is 0 Å². The van der Waals surface area contributed by atoms with Gasteiger partial charge in [0.25, 0.3) is 10.5 Å². The quantitative estimate of drug-likeness (QED) is 0.550. The van der Waals surface area contributed by atoms with E-state index < -0.39 is 10.5 Å². The van der Waals surface area contributed by atoms with E-state index in [1.54, 1.807) is 60.7 Å². The number of benzene rings is 3. The van der Waals surface area contributed by atoms with Crippen LogP contribution in [0.25, 0.3) is 22.3 Å². The van der Waals surface area contributed by atoms with Crippen LogP contribution in [0, 0.1) is 11.3 Å². The molecule has 0 unspecified atom stereocenters. The van der Waals surface area contributed by atoms with Crippen LogP contribution in [0.3, 0.4) is 0 Å². The second-order valence-corrected chi connectivity index (χ2v) is 6.26. The van der Waals surface area contributed by atoms with Crippen LogP contribution in [0.5, 0.6) is 0 Å². The number of carbonyl (C=O) groups excluding carboxylic acids is 2. The molecule has 0 fully saturated rings. The predicted octanol–water partition coefficient (Wildman–Crippen LogP) is 5.65. The molecule has 3 rings (SSSR count). The van der Waals surface area contributed by atoms with Crippen molar-refractivity contribution in [1.29, 1.82) is 5.26 Å². The smallest absolute Gasteiger partial charge is 0.252 e. The molecule has 0 spiro atoms. The van der Waals surface area contributed by atoms with E-state index in [0.717, 1.165) is 22.3 Å². The van der Waals surface area contributed by atoms with Crippen LogP contribution in [0.15, 0.2) is 66.7 Å². The number of rotatable bonds is 4. The Morgan fingerprint density at radius 3 is 2.00 bits per heavy atom. The van der Waals surface area contributed by atoms with Crippen LogP contribution in [0.1, 0.15) is 26.3 Å². The van der Waals surface area contributed by atoms with Gasteiger partial charge in [-0.3, -0.25) is 9.59 Å². The maximum atomic E-state index is 11.6. The molecule has 5 heteroatoms. The molecule has 3 nitrogen and oxygen atoms in total. The third-order valence-electron chi connectivity index (χ3n) is 3.97. The van der Waals surface area contributed by atoms with Crippen molar-refractivity contribution in [3.63, 3.8) is 0 Å². The van der Waals surface area contributed by atoms with Crippen molar-refractivity contribution in [3.05, 3.63) is 83.4 Å². The highest BCUT2D eigenvalue weighted by atomic mass is 35.5. The minimum absolute atomic E-state index is 0.361. The molecule has 0 aliphatic heterocycles. The summed E-state index contributed by atoms with van der Waals surface area (Å²) in [6.07, 6.45) is 0. The van der Waals surface area contributed by atoms with E-state index in [1.807, 2.05) is 6.07 Å². The molecule has 3 aromatic rings. The third kappa shape index (κ3) is 3.67. The lowest BCUT2D eigenvalue weighted by molar-refractivity contribution is 0.107. The first-order chi connectivity index (χ1) is 12.5. The van der Waals surface area contributed by atoms with Gasteiger partial charge in [-0.25, -0.2) is 0 Å². The minimum atomic E-state index is -0.558. The molecule has 26 heavy (non-hydrogen) atoms. The van der Waals surface area contributed by atoms with Gasteiger partial charge in [0.2, 0.25) is 0 Å². The Labute approximate surface area is 160 Å². The molecule has 126 valence electrons. The van der Waals surface area contributed by atoms with Crippen molar-refractivity contribution in [2.45, 2.75) is 0 Å². The van der Waals surface area contributed by atoms with Crippen LogP contribution in [0.2, 0.25) is 0 Å². The monoisotopic (exact) mass is 379 g/mol. The summed E-state index contributed by atoms with van der Waals surface area (Å²) in [5.41, 5.74) is 4.51. The van der Waals surface area contributed by atoms with Gasteiger partial charge >= 0.3 is 0 Å². The fourth-order valence-electron chi connectivity index (χ4n) is 2.69. The van der Waals surface area contributed by atoms with Gasteiger partial charge in [0.05, 0.1) is 11.6 Å². The Morgan fingerprint density at radius 1 is 0.731 bits per heavy atom. The molecule has 0 aliphatic rings. The molecule has 0 atom stereocenters. The number of halogens is 2. The zero-order valence-corrected chi connectivity index (χ0v) is 14.9. The molecular formula is C21H11Cl2NO2. The number of carbonyl (C=O) groups is 2. The summed E-state index contributed by atoms with van der Waals surface area (Å²) in [6, 6.07) is 21.2. The Kier molecular flexibility index (Phi) is 5.18. The average Bonchev–Trinajstić information content (AvgIpc) is 2.67. The fourth-order valence-corrected chi connectivity index (χ4v) is 2.94. The first-order valence-corrected chi connectivity index (χ1v) is 8.40. The van der Waals surface area contributed by atoms with Gasteiger partial charge in [0.1, 0.15) is 0 Å². The molecule has 0 heterocycles. The van der Waals surface area contributed by atoms with Crippen LogP contribution < -0.4 is 0 Å². The van der Waals surface area contributed by atoms with E-state index in [4.69, 9.17) is 28.5 Å². The van der Waals surface area contributed by atoms with Gasteiger partial charge in [0, 0.05) is 11.1 Å². The molecule has 0 saturated carbocycles. The normalized spacial score (nSPS) is 10.2. The Bertz CT molecular complexity index is 1050. The minimum Gasteiger partial charge on any atom is -0.276 e. The summed E-state index contributed by atoms with van der Waals surface area (Å²) in [5.74, 6) is 0. The van der Waals surface area contributed by atoms with Crippen LogP contribution >= 0.6 is 23.2 Å². The molecular weight excluding hydrogens is 369 g/mol. The van der Waals surface area contributed by atoms with Crippen molar-refractivity contribution in [2.24, 2.45) is 0 Å². The van der Waals surface area contributed by atoms with Gasteiger partial charge < -0.3 is 0 Å². The van der Waals surface area contributed by atoms with Gasteiger partial charge in [-0.2, -0.15) is 5.26 Å². The van der Waals surface area contributed by atoms with E-state index >= 15 is 0 Å². The maximum Gasteiger partial charge on any atom is 0.252 e. The maximum absolute atomic E-state index is 11.6. The summed E-state index contributed by atoms with van der Waals surface area (Å²) in [7, 11) is 0. The molecule has 0 bridgehead atoms. The summed E-state index contributed by atoms with van der Waals surface area (Å²) in [6.45, 7) is 0. The van der Waals surface area contributed by atoms with Crippen LogP contribution in [-0.2, 0) is 0 Å². The lowest BCUT2D eigenvalue weighted by Crippen LogP contribution is -1.94. The first kappa shape index (κ1) is 17.9. The summed E-state index contributed by atoms with van der Waals surface area (Å²) in [5, 5.41) is 8.07. The Morgan fingerprint density at radius 2 is 1.38 bits per heavy atom. The van der Waals surface area contributed by atoms with E-state index in [0.29, 0.717) is 16.7 Å². The molecule has 0 N–H and O–H groups in total. The van der Waals surface area contributed by atoms with Gasteiger partial charge in [-0.05, 0) is 81.9 Å². The number of nitrogens with zero attached hydrogens (tertiary/aromatic N) is 1. The topological polar surface area (TPSA) is 57.9 Å². The average molecular weight is 380 g/mol. The lowest BCUT2D eigenvalue weighted by Gasteiger charge is -2.12. The molecule has 0 amide bonds. The molecule has 0 aliphatic carbocycles. The zero-order valence-electron chi connectivity index (χ0n) is 13.4. The standard InChI is InChI=1S/C21H11Cl2NO2/c22-20(25)15-6-4-14(5-7-15)18-9-8-17(21(23)26)11-19(18)16-3-1-2-13(10-16)12-24/h1-11H. The predicted molar refractivity (Wildman–Crippen MR) is 102 cm³/mol. The highest BCUT2D eigenvalue weighted by Gasteiger charge is 2.12. The summed E-state index contributed by atoms with van der Waals surface area (Å²) >= 11 is 11.1. The third-order valence-corrected chi connectivity index (χ3v) is 4.41. The summed E-state index contributed by atoms with van der Waals surface area (Å²) < 4.78 is 0. The number of hydrogen-bond acceptors (Lipinski definition) is 3. The molecule has 0 radical (unpaired) electrons. The second kappa shape index (κ2) is 7.53. The fraction of sp³-hybridized carbons (Fsp3) is 0. The number of hydrogen-bond donors (Lipinski definition) is 0. The lowest BCUT2D eigenvalue weighted by atomic mass is 9.92. The molecule has 0 aromatic heterocycles.